The number of carboxylic acid groups (broad SMARTS) is 1. The fraction of sp³-hybridized carbons (Fsp3) is 0.500. The summed E-state index contributed by atoms with van der Waals surface area (Å²) in [7, 11) is 0. The number of aliphatic carboxylic acids is 1. The van der Waals surface area contributed by atoms with E-state index in [-0.39, 0.29) is 18.5 Å². The molecule has 1 aliphatic carbocycles. The van der Waals surface area contributed by atoms with E-state index in [1.807, 2.05) is 29.8 Å². The van der Waals surface area contributed by atoms with Crippen LogP contribution in [0, 0.1) is 18.3 Å². The summed E-state index contributed by atoms with van der Waals surface area (Å²) in [4.78, 5) is 26.5. The summed E-state index contributed by atoms with van der Waals surface area (Å²) < 4.78 is 1.88. The Hall–Kier alpha value is -2.83. The smallest absolute Gasteiger partial charge is 0.321 e. The molecule has 1 aromatic heterocycles. The van der Waals surface area contributed by atoms with E-state index in [1.165, 1.54) is 0 Å². The summed E-state index contributed by atoms with van der Waals surface area (Å²) in [5.74, 6) is -0.717. The summed E-state index contributed by atoms with van der Waals surface area (Å²) in [6, 6.07) is 7.87. The average Bonchev–Trinajstić information content (AvgIpc) is 3.35. The first kappa shape index (κ1) is 19.5. The first-order valence-electron chi connectivity index (χ1n) is 10.4. The number of benzene rings is 1. The molecular weight excluding hydrogens is 368 g/mol. The van der Waals surface area contributed by atoms with E-state index in [0.29, 0.717) is 18.7 Å². The number of carbonyl (C=O) groups excluding carboxylic acids is 1. The van der Waals surface area contributed by atoms with Crippen molar-refractivity contribution in [3.8, 4) is 5.69 Å². The molecule has 2 aliphatic rings. The van der Waals surface area contributed by atoms with Gasteiger partial charge in [-0.15, -0.1) is 0 Å². The zero-order valence-electron chi connectivity index (χ0n) is 17.0. The minimum Gasteiger partial charge on any atom is -0.481 e. The molecule has 2 aromatic rings. The van der Waals surface area contributed by atoms with Crippen LogP contribution in [-0.2, 0) is 11.2 Å². The normalized spacial score (nSPS) is 23.2. The highest BCUT2D eigenvalue weighted by Crippen LogP contribution is 2.49. The summed E-state index contributed by atoms with van der Waals surface area (Å²) in [5.41, 5.74) is 3.00. The SMILES string of the molecule is CCCc1c(NC(=O)N2C[C@@H]3CCC[C@@]3(C(=O)O)C2)cnn1-c1cccc(C)c1. The lowest BCUT2D eigenvalue weighted by molar-refractivity contribution is -0.149. The fourth-order valence-electron chi connectivity index (χ4n) is 4.93. The van der Waals surface area contributed by atoms with Crippen LogP contribution in [0.1, 0.15) is 43.9 Å². The van der Waals surface area contributed by atoms with E-state index in [2.05, 4.69) is 23.4 Å². The van der Waals surface area contributed by atoms with Crippen molar-refractivity contribution < 1.29 is 14.7 Å². The highest BCUT2D eigenvalue weighted by Gasteiger charge is 2.55. The van der Waals surface area contributed by atoms with Crippen molar-refractivity contribution in [3.05, 3.63) is 41.7 Å². The van der Waals surface area contributed by atoms with Crippen LogP contribution < -0.4 is 5.32 Å². The average molecular weight is 396 g/mol. The van der Waals surface area contributed by atoms with E-state index >= 15 is 0 Å². The van der Waals surface area contributed by atoms with Gasteiger partial charge in [0.25, 0.3) is 0 Å². The van der Waals surface area contributed by atoms with Gasteiger partial charge in [-0.1, -0.05) is 31.9 Å². The third-order valence-corrected chi connectivity index (χ3v) is 6.43. The molecule has 2 atom stereocenters. The zero-order valence-corrected chi connectivity index (χ0v) is 17.0. The molecule has 2 N–H and O–H groups in total. The molecule has 0 spiro atoms. The molecular formula is C22H28N4O3. The second-order valence-electron chi connectivity index (χ2n) is 8.37. The number of aryl methyl sites for hydroxylation is 1. The highest BCUT2D eigenvalue weighted by molar-refractivity contribution is 5.91. The third-order valence-electron chi connectivity index (χ3n) is 6.43. The van der Waals surface area contributed by atoms with Crippen LogP contribution in [0.25, 0.3) is 5.69 Å². The molecule has 4 rings (SSSR count). The molecule has 2 heterocycles. The van der Waals surface area contributed by atoms with E-state index in [0.717, 1.165) is 42.6 Å². The van der Waals surface area contributed by atoms with Crippen molar-refractivity contribution in [2.45, 2.75) is 46.0 Å². The predicted octanol–water partition coefficient (Wildman–Crippen LogP) is 3.85. The van der Waals surface area contributed by atoms with Crippen molar-refractivity contribution in [3.63, 3.8) is 0 Å². The molecule has 1 aliphatic heterocycles. The molecule has 2 fully saturated rings. The minimum atomic E-state index is -0.769. The number of fused-ring (bicyclic) bond motifs is 1. The van der Waals surface area contributed by atoms with Gasteiger partial charge >= 0.3 is 12.0 Å². The van der Waals surface area contributed by atoms with E-state index < -0.39 is 11.4 Å². The van der Waals surface area contributed by atoms with Gasteiger partial charge in [-0.2, -0.15) is 5.10 Å². The molecule has 2 amide bonds. The Kier molecular flexibility index (Phi) is 5.06. The maximum absolute atomic E-state index is 13.0. The van der Waals surface area contributed by atoms with Gasteiger partial charge in [0.2, 0.25) is 0 Å². The molecule has 0 unspecified atom stereocenters. The van der Waals surface area contributed by atoms with Crippen LogP contribution in [0.2, 0.25) is 0 Å². The van der Waals surface area contributed by atoms with E-state index in [9.17, 15) is 14.7 Å². The number of carbonyl (C=O) groups is 2. The number of rotatable bonds is 5. The lowest BCUT2D eigenvalue weighted by Crippen LogP contribution is -2.38. The molecule has 1 aromatic carbocycles. The minimum absolute atomic E-state index is 0.0517. The first-order chi connectivity index (χ1) is 13.9. The van der Waals surface area contributed by atoms with E-state index in [4.69, 9.17) is 0 Å². The molecule has 1 saturated heterocycles. The molecule has 7 heteroatoms. The van der Waals surface area contributed by atoms with Gasteiger partial charge in [-0.05, 0) is 49.8 Å². The van der Waals surface area contributed by atoms with Gasteiger partial charge < -0.3 is 15.3 Å². The number of carboxylic acids is 1. The second kappa shape index (κ2) is 7.54. The monoisotopic (exact) mass is 396 g/mol. The summed E-state index contributed by atoms with van der Waals surface area (Å²) >= 11 is 0. The van der Waals surface area contributed by atoms with Crippen molar-refractivity contribution >= 4 is 17.7 Å². The number of nitrogens with zero attached hydrogens (tertiary/aromatic N) is 3. The van der Waals surface area contributed by atoms with Crippen LogP contribution in [0.4, 0.5) is 10.5 Å². The van der Waals surface area contributed by atoms with Crippen molar-refractivity contribution in [2.24, 2.45) is 11.3 Å². The molecule has 154 valence electrons. The Bertz CT molecular complexity index is 938. The topological polar surface area (TPSA) is 87.5 Å². The lowest BCUT2D eigenvalue weighted by Gasteiger charge is -2.23. The van der Waals surface area contributed by atoms with Gasteiger partial charge in [0.1, 0.15) is 0 Å². The number of likely N-dealkylation sites (tertiary alicyclic amines) is 1. The maximum atomic E-state index is 13.0. The van der Waals surface area contributed by atoms with Crippen molar-refractivity contribution in [1.82, 2.24) is 14.7 Å². The summed E-state index contributed by atoms with van der Waals surface area (Å²) in [6.45, 7) is 4.93. The van der Waals surface area contributed by atoms with Gasteiger partial charge in [-0.3, -0.25) is 4.79 Å². The Morgan fingerprint density at radius 1 is 1.38 bits per heavy atom. The van der Waals surface area contributed by atoms with Gasteiger partial charge in [0, 0.05) is 13.1 Å². The molecule has 0 bridgehead atoms. The van der Waals surface area contributed by atoms with Gasteiger partial charge in [0.05, 0.1) is 28.7 Å². The van der Waals surface area contributed by atoms with Crippen LogP contribution in [0.5, 0.6) is 0 Å². The number of aromatic nitrogens is 2. The Balaban J connectivity index is 1.55. The predicted molar refractivity (Wildman–Crippen MR) is 110 cm³/mol. The standard InChI is InChI=1S/C22H28N4O3/c1-3-6-19-18(12-23-26(19)17-9-4-7-15(2)11-17)24-21(29)25-13-16-8-5-10-22(16,14-25)20(27)28/h4,7,9,11-12,16H,3,5-6,8,10,13-14H2,1-2H3,(H,24,29)(H,27,28)/t16-,22+/m0/s1. The quantitative estimate of drug-likeness (QED) is 0.804. The van der Waals surface area contributed by atoms with Gasteiger partial charge in [0.15, 0.2) is 0 Å². The number of anilines is 1. The Morgan fingerprint density at radius 2 is 2.21 bits per heavy atom. The van der Waals surface area contributed by atoms with Crippen LogP contribution in [0.15, 0.2) is 30.5 Å². The molecule has 0 radical (unpaired) electrons. The van der Waals surface area contributed by atoms with Crippen molar-refractivity contribution in [1.29, 1.82) is 0 Å². The lowest BCUT2D eigenvalue weighted by atomic mass is 9.81. The zero-order chi connectivity index (χ0) is 20.6. The summed E-state index contributed by atoms with van der Waals surface area (Å²) in [5, 5.41) is 17.3. The van der Waals surface area contributed by atoms with Crippen molar-refractivity contribution in [2.75, 3.05) is 18.4 Å². The molecule has 1 saturated carbocycles. The van der Waals surface area contributed by atoms with Crippen LogP contribution >= 0.6 is 0 Å². The third kappa shape index (κ3) is 3.39. The Morgan fingerprint density at radius 3 is 2.90 bits per heavy atom. The largest absolute Gasteiger partial charge is 0.481 e. The van der Waals surface area contributed by atoms with E-state index in [1.54, 1.807) is 11.1 Å². The molecule has 7 nitrogen and oxygen atoms in total. The van der Waals surface area contributed by atoms with Gasteiger partial charge in [-0.25, -0.2) is 9.48 Å². The number of urea groups is 1. The van der Waals surface area contributed by atoms with Crippen LogP contribution in [0.3, 0.4) is 0 Å². The molecule has 29 heavy (non-hydrogen) atoms. The number of amides is 2. The summed E-state index contributed by atoms with van der Waals surface area (Å²) in [6.07, 6.45) is 5.86. The maximum Gasteiger partial charge on any atom is 0.321 e. The van der Waals surface area contributed by atoms with Crippen LogP contribution in [-0.4, -0.2) is 44.9 Å². The Labute approximate surface area is 170 Å². The fourth-order valence-corrected chi connectivity index (χ4v) is 4.93. The first-order valence-corrected chi connectivity index (χ1v) is 10.4. The number of hydrogen-bond donors (Lipinski definition) is 2. The number of nitrogens with one attached hydrogen (secondary N) is 1. The highest BCUT2D eigenvalue weighted by atomic mass is 16.4. The second-order valence-corrected chi connectivity index (χ2v) is 8.37. The number of hydrogen-bond acceptors (Lipinski definition) is 3.